The average molecular weight is 210 g/mol. The molecule has 2 unspecified atom stereocenters. The van der Waals surface area contributed by atoms with Crippen molar-refractivity contribution in [2.45, 2.75) is 53.1 Å². The molecule has 1 saturated carbocycles. The van der Waals surface area contributed by atoms with Gasteiger partial charge in [-0.15, -0.1) is 0 Å². The average Bonchev–Trinajstić information content (AvgIpc) is 2.11. The van der Waals surface area contributed by atoms with E-state index >= 15 is 0 Å². The van der Waals surface area contributed by atoms with Crippen LogP contribution in [0.4, 0.5) is 0 Å². The first kappa shape index (κ1) is 12.3. The number of hydrogen-bond acceptors (Lipinski definition) is 2. The molecule has 0 radical (unpaired) electrons. The minimum Gasteiger partial charge on any atom is -0.458 e. The molecule has 0 aromatic heterocycles. The molecule has 2 atom stereocenters. The molecule has 0 aromatic rings. The van der Waals surface area contributed by atoms with Crippen molar-refractivity contribution in [3.8, 4) is 0 Å². The number of carbonyl (C=O) groups is 1. The first-order valence-electron chi connectivity index (χ1n) is 5.69. The van der Waals surface area contributed by atoms with Gasteiger partial charge in [-0.3, -0.25) is 0 Å². The molecular formula is C13H22O2. The first-order valence-corrected chi connectivity index (χ1v) is 5.69. The Kier molecular flexibility index (Phi) is 3.58. The van der Waals surface area contributed by atoms with E-state index in [0.29, 0.717) is 11.5 Å². The maximum atomic E-state index is 11.5. The number of rotatable bonds is 2. The van der Waals surface area contributed by atoms with Crippen molar-refractivity contribution in [3.05, 3.63) is 12.2 Å². The SMILES string of the molecule is C=C(C)C(=O)OC1CC(C)CCC1(C)C. The molecule has 0 amide bonds. The summed E-state index contributed by atoms with van der Waals surface area (Å²) in [5, 5.41) is 0. The Bertz CT molecular complexity index is 266. The standard InChI is InChI=1S/C13H22O2/c1-9(2)12(14)15-11-8-10(3)6-7-13(11,4)5/h10-11H,1,6-8H2,2-5H3. The van der Waals surface area contributed by atoms with Crippen molar-refractivity contribution in [1.82, 2.24) is 0 Å². The molecule has 2 nitrogen and oxygen atoms in total. The van der Waals surface area contributed by atoms with E-state index < -0.39 is 0 Å². The van der Waals surface area contributed by atoms with Gasteiger partial charge in [-0.2, -0.15) is 0 Å². The summed E-state index contributed by atoms with van der Waals surface area (Å²) in [5.74, 6) is 0.406. The van der Waals surface area contributed by atoms with Crippen LogP contribution in [0.5, 0.6) is 0 Å². The highest BCUT2D eigenvalue weighted by molar-refractivity contribution is 5.87. The van der Waals surface area contributed by atoms with E-state index in [9.17, 15) is 4.79 Å². The molecule has 1 rings (SSSR count). The van der Waals surface area contributed by atoms with Crippen molar-refractivity contribution < 1.29 is 9.53 Å². The maximum Gasteiger partial charge on any atom is 0.333 e. The van der Waals surface area contributed by atoms with Crippen LogP contribution in [0.2, 0.25) is 0 Å². The normalized spacial score (nSPS) is 29.6. The highest BCUT2D eigenvalue weighted by Gasteiger charge is 2.37. The Morgan fingerprint density at radius 2 is 2.07 bits per heavy atom. The van der Waals surface area contributed by atoms with Gasteiger partial charge in [0.1, 0.15) is 6.10 Å². The summed E-state index contributed by atoms with van der Waals surface area (Å²) >= 11 is 0. The molecule has 86 valence electrons. The molecule has 1 aliphatic rings. The second-order valence-electron chi connectivity index (χ2n) is 5.54. The van der Waals surface area contributed by atoms with Gasteiger partial charge in [0.15, 0.2) is 0 Å². The molecule has 0 N–H and O–H groups in total. The number of ether oxygens (including phenoxy) is 1. The van der Waals surface area contributed by atoms with E-state index in [4.69, 9.17) is 4.74 Å². The second kappa shape index (κ2) is 4.38. The van der Waals surface area contributed by atoms with Crippen LogP contribution in [-0.4, -0.2) is 12.1 Å². The Morgan fingerprint density at radius 3 is 2.60 bits per heavy atom. The molecule has 0 bridgehead atoms. The van der Waals surface area contributed by atoms with Gasteiger partial charge in [-0.1, -0.05) is 27.4 Å². The van der Waals surface area contributed by atoms with Gasteiger partial charge < -0.3 is 4.74 Å². The summed E-state index contributed by atoms with van der Waals surface area (Å²) in [6, 6.07) is 0. The van der Waals surface area contributed by atoms with Crippen LogP contribution in [0, 0.1) is 11.3 Å². The zero-order valence-electron chi connectivity index (χ0n) is 10.3. The molecule has 0 aliphatic heterocycles. The van der Waals surface area contributed by atoms with E-state index in [0.717, 1.165) is 12.8 Å². The predicted molar refractivity (Wildman–Crippen MR) is 61.5 cm³/mol. The van der Waals surface area contributed by atoms with Crippen molar-refractivity contribution in [1.29, 1.82) is 0 Å². The van der Waals surface area contributed by atoms with Crippen LogP contribution >= 0.6 is 0 Å². The molecule has 1 aliphatic carbocycles. The largest absolute Gasteiger partial charge is 0.458 e. The zero-order valence-corrected chi connectivity index (χ0v) is 10.3. The third-order valence-electron chi connectivity index (χ3n) is 3.37. The smallest absolute Gasteiger partial charge is 0.333 e. The molecule has 0 saturated heterocycles. The monoisotopic (exact) mass is 210 g/mol. The molecule has 0 spiro atoms. The molecular weight excluding hydrogens is 188 g/mol. The van der Waals surface area contributed by atoms with Gasteiger partial charge >= 0.3 is 5.97 Å². The highest BCUT2D eigenvalue weighted by Crippen LogP contribution is 2.40. The Hall–Kier alpha value is -0.790. The summed E-state index contributed by atoms with van der Waals surface area (Å²) in [5.41, 5.74) is 0.599. The van der Waals surface area contributed by atoms with Gasteiger partial charge in [-0.05, 0) is 32.1 Å². The number of esters is 1. The lowest BCUT2D eigenvalue weighted by Gasteiger charge is -2.40. The quantitative estimate of drug-likeness (QED) is 0.516. The van der Waals surface area contributed by atoms with Crippen LogP contribution in [0.3, 0.4) is 0 Å². The minimum absolute atomic E-state index is 0.0467. The van der Waals surface area contributed by atoms with Gasteiger partial charge in [0.05, 0.1) is 0 Å². The van der Waals surface area contributed by atoms with E-state index in [1.54, 1.807) is 6.92 Å². The molecule has 0 aromatic carbocycles. The predicted octanol–water partition coefficient (Wildman–Crippen LogP) is 3.32. The first-order chi connectivity index (χ1) is 6.83. The van der Waals surface area contributed by atoms with Crippen LogP contribution in [0.1, 0.15) is 47.0 Å². The lowest BCUT2D eigenvalue weighted by Crippen LogP contribution is -2.39. The summed E-state index contributed by atoms with van der Waals surface area (Å²) in [6.45, 7) is 11.9. The van der Waals surface area contributed by atoms with E-state index in [1.165, 1.54) is 6.42 Å². The van der Waals surface area contributed by atoms with Crippen LogP contribution in [-0.2, 0) is 9.53 Å². The zero-order chi connectivity index (χ0) is 11.6. The van der Waals surface area contributed by atoms with Gasteiger partial charge in [0, 0.05) is 11.0 Å². The Labute approximate surface area is 92.7 Å². The summed E-state index contributed by atoms with van der Waals surface area (Å²) in [6.07, 6.45) is 3.38. The van der Waals surface area contributed by atoms with Crippen LogP contribution < -0.4 is 0 Å². The highest BCUT2D eigenvalue weighted by atomic mass is 16.5. The Morgan fingerprint density at radius 1 is 1.47 bits per heavy atom. The topological polar surface area (TPSA) is 26.3 Å². The van der Waals surface area contributed by atoms with Gasteiger partial charge in [0.2, 0.25) is 0 Å². The maximum absolute atomic E-state index is 11.5. The van der Waals surface area contributed by atoms with Gasteiger partial charge in [0.25, 0.3) is 0 Å². The van der Waals surface area contributed by atoms with E-state index in [2.05, 4.69) is 27.4 Å². The summed E-state index contributed by atoms with van der Waals surface area (Å²) in [4.78, 5) is 11.5. The fourth-order valence-corrected chi connectivity index (χ4v) is 2.02. The number of carbonyl (C=O) groups excluding carboxylic acids is 1. The van der Waals surface area contributed by atoms with E-state index in [-0.39, 0.29) is 17.5 Å². The summed E-state index contributed by atoms with van der Waals surface area (Å²) < 4.78 is 5.50. The fraction of sp³-hybridized carbons (Fsp3) is 0.769. The molecule has 15 heavy (non-hydrogen) atoms. The third-order valence-corrected chi connectivity index (χ3v) is 3.37. The summed E-state index contributed by atoms with van der Waals surface area (Å²) in [7, 11) is 0. The van der Waals surface area contributed by atoms with Crippen molar-refractivity contribution in [2.24, 2.45) is 11.3 Å². The van der Waals surface area contributed by atoms with Crippen molar-refractivity contribution in [3.63, 3.8) is 0 Å². The fourth-order valence-electron chi connectivity index (χ4n) is 2.02. The third kappa shape index (κ3) is 3.08. The Balaban J connectivity index is 2.65. The molecule has 2 heteroatoms. The van der Waals surface area contributed by atoms with Gasteiger partial charge in [-0.25, -0.2) is 4.79 Å². The molecule has 0 heterocycles. The van der Waals surface area contributed by atoms with Crippen molar-refractivity contribution in [2.75, 3.05) is 0 Å². The van der Waals surface area contributed by atoms with Crippen molar-refractivity contribution >= 4 is 5.97 Å². The van der Waals surface area contributed by atoms with E-state index in [1.807, 2.05) is 0 Å². The van der Waals surface area contributed by atoms with Crippen LogP contribution in [0.15, 0.2) is 12.2 Å². The number of hydrogen-bond donors (Lipinski definition) is 0. The minimum atomic E-state index is -0.248. The lowest BCUT2D eigenvalue weighted by molar-refractivity contribution is -0.154. The second-order valence-corrected chi connectivity index (χ2v) is 5.54. The molecule has 1 fully saturated rings. The lowest BCUT2D eigenvalue weighted by atomic mass is 9.71. The van der Waals surface area contributed by atoms with Crippen LogP contribution in [0.25, 0.3) is 0 Å².